The molecule has 4 rings (SSSR count). The van der Waals surface area contributed by atoms with Gasteiger partial charge in [-0.1, -0.05) is 29.5 Å². The van der Waals surface area contributed by atoms with Gasteiger partial charge in [0.1, 0.15) is 5.75 Å². The number of nitrogens with zero attached hydrogens (tertiary/aromatic N) is 2. The van der Waals surface area contributed by atoms with Crippen molar-refractivity contribution in [2.45, 2.75) is 26.8 Å². The van der Waals surface area contributed by atoms with E-state index >= 15 is 0 Å². The molecular weight excluding hydrogens is 496 g/mol. The van der Waals surface area contributed by atoms with Crippen LogP contribution in [0.5, 0.6) is 17.2 Å². The minimum absolute atomic E-state index is 0.178. The topological polar surface area (TPSA) is 105 Å². The predicted molar refractivity (Wildman–Crippen MR) is 138 cm³/mol. The van der Waals surface area contributed by atoms with Gasteiger partial charge < -0.3 is 18.9 Å². The van der Waals surface area contributed by atoms with Crippen LogP contribution in [-0.2, 0) is 14.3 Å². The van der Waals surface area contributed by atoms with E-state index in [1.807, 2.05) is 6.07 Å². The molecule has 10 heteroatoms. The summed E-state index contributed by atoms with van der Waals surface area (Å²) in [6.45, 7) is 4.93. The number of fused-ring (bicyclic) bond motifs is 1. The summed E-state index contributed by atoms with van der Waals surface area (Å²) in [5, 5.41) is 0. The van der Waals surface area contributed by atoms with E-state index in [4.69, 9.17) is 18.9 Å². The zero-order valence-corrected chi connectivity index (χ0v) is 21.9. The van der Waals surface area contributed by atoms with E-state index in [1.165, 1.54) is 22.8 Å². The van der Waals surface area contributed by atoms with Gasteiger partial charge in [-0.25, -0.2) is 9.79 Å². The highest BCUT2D eigenvalue weighted by Gasteiger charge is 2.33. The van der Waals surface area contributed by atoms with Crippen molar-refractivity contribution >= 4 is 29.4 Å². The number of ether oxygens (including phenoxy) is 4. The lowest BCUT2D eigenvalue weighted by atomic mass is 9.96. The molecule has 192 valence electrons. The molecule has 2 heterocycles. The monoisotopic (exact) mass is 522 g/mol. The standard InChI is InChI=1S/C27H26N2O7S/c1-6-35-26(32)23-15(2)28-27-29(24(23)18-8-10-19(11-9-18)36-16(3)30)25(31)22(37-27)14-17-7-12-20(33-4)21(13-17)34-5/h7-14,24H,6H2,1-5H3/t24-/m0/s1. The van der Waals surface area contributed by atoms with E-state index in [0.29, 0.717) is 37.8 Å². The van der Waals surface area contributed by atoms with Gasteiger partial charge in [0.05, 0.1) is 42.7 Å². The molecule has 0 amide bonds. The minimum atomic E-state index is -0.769. The van der Waals surface area contributed by atoms with Crippen molar-refractivity contribution in [2.75, 3.05) is 20.8 Å². The summed E-state index contributed by atoms with van der Waals surface area (Å²) in [6, 6.07) is 11.3. The van der Waals surface area contributed by atoms with Crippen LogP contribution >= 0.6 is 11.3 Å². The summed E-state index contributed by atoms with van der Waals surface area (Å²) in [5.74, 6) is 0.476. The lowest BCUT2D eigenvalue weighted by molar-refractivity contribution is -0.139. The number of carbonyl (C=O) groups excluding carboxylic acids is 2. The Bertz CT molecular complexity index is 1570. The predicted octanol–water partition coefficient (Wildman–Crippen LogP) is 2.74. The normalized spacial score (nSPS) is 15.1. The quantitative estimate of drug-likeness (QED) is 0.347. The molecule has 0 fully saturated rings. The lowest BCUT2D eigenvalue weighted by Crippen LogP contribution is -2.39. The van der Waals surface area contributed by atoms with Crippen LogP contribution in [0.25, 0.3) is 6.08 Å². The van der Waals surface area contributed by atoms with E-state index in [9.17, 15) is 14.4 Å². The number of benzene rings is 2. The van der Waals surface area contributed by atoms with Crippen molar-refractivity contribution in [3.05, 3.63) is 84.5 Å². The second-order valence-corrected chi connectivity index (χ2v) is 9.09. The zero-order chi connectivity index (χ0) is 26.7. The van der Waals surface area contributed by atoms with Gasteiger partial charge in [0.2, 0.25) is 0 Å². The second-order valence-electron chi connectivity index (χ2n) is 8.08. The first-order chi connectivity index (χ1) is 17.8. The Morgan fingerprint density at radius 3 is 2.41 bits per heavy atom. The van der Waals surface area contributed by atoms with Crippen LogP contribution in [0.3, 0.4) is 0 Å². The fraction of sp³-hybridized carbons (Fsp3) is 0.259. The highest BCUT2D eigenvalue weighted by Crippen LogP contribution is 2.32. The Kier molecular flexibility index (Phi) is 7.58. The number of thiazole rings is 1. The van der Waals surface area contributed by atoms with E-state index in [1.54, 1.807) is 70.5 Å². The molecule has 0 N–H and O–H groups in total. The summed E-state index contributed by atoms with van der Waals surface area (Å²) < 4.78 is 23.1. The molecular formula is C27H26N2O7S. The third kappa shape index (κ3) is 5.19. The Hall–Kier alpha value is -4.18. The largest absolute Gasteiger partial charge is 0.493 e. The van der Waals surface area contributed by atoms with Crippen molar-refractivity contribution in [3.8, 4) is 17.2 Å². The van der Waals surface area contributed by atoms with E-state index in [-0.39, 0.29) is 17.7 Å². The number of rotatable bonds is 7. The Morgan fingerprint density at radius 1 is 1.08 bits per heavy atom. The van der Waals surface area contributed by atoms with Gasteiger partial charge in [-0.2, -0.15) is 0 Å². The fourth-order valence-electron chi connectivity index (χ4n) is 4.09. The molecule has 2 aromatic carbocycles. The maximum Gasteiger partial charge on any atom is 0.338 e. The molecule has 1 aromatic heterocycles. The van der Waals surface area contributed by atoms with E-state index < -0.39 is 18.0 Å². The van der Waals surface area contributed by atoms with Crippen molar-refractivity contribution < 1.29 is 28.5 Å². The summed E-state index contributed by atoms with van der Waals surface area (Å²) >= 11 is 1.22. The van der Waals surface area contributed by atoms with Gasteiger partial charge in [0.25, 0.3) is 5.56 Å². The number of aromatic nitrogens is 1. The molecule has 0 aliphatic carbocycles. The molecule has 0 bridgehead atoms. The number of esters is 2. The first kappa shape index (κ1) is 25.9. The molecule has 0 unspecified atom stereocenters. The molecule has 1 aliphatic heterocycles. The van der Waals surface area contributed by atoms with Crippen LogP contribution < -0.4 is 29.1 Å². The fourth-order valence-corrected chi connectivity index (χ4v) is 5.13. The molecule has 1 aliphatic rings. The van der Waals surface area contributed by atoms with Gasteiger partial charge in [0.15, 0.2) is 16.3 Å². The van der Waals surface area contributed by atoms with Crippen molar-refractivity contribution in [1.29, 1.82) is 0 Å². The maximum absolute atomic E-state index is 13.7. The van der Waals surface area contributed by atoms with Gasteiger partial charge in [-0.05, 0) is 55.3 Å². The maximum atomic E-state index is 13.7. The average molecular weight is 523 g/mol. The minimum Gasteiger partial charge on any atom is -0.493 e. The summed E-state index contributed by atoms with van der Waals surface area (Å²) in [7, 11) is 3.10. The highest BCUT2D eigenvalue weighted by molar-refractivity contribution is 7.07. The summed E-state index contributed by atoms with van der Waals surface area (Å²) in [5.41, 5.74) is 1.82. The Labute approximate surface area is 216 Å². The smallest absolute Gasteiger partial charge is 0.338 e. The second kappa shape index (κ2) is 10.8. The van der Waals surface area contributed by atoms with Crippen LogP contribution in [0.1, 0.15) is 37.9 Å². The number of hydrogen-bond donors (Lipinski definition) is 0. The van der Waals surface area contributed by atoms with Gasteiger partial charge in [0, 0.05) is 6.92 Å². The third-order valence-corrected chi connectivity index (χ3v) is 6.66. The van der Waals surface area contributed by atoms with Crippen LogP contribution in [-0.4, -0.2) is 37.3 Å². The van der Waals surface area contributed by atoms with Crippen LogP contribution in [0, 0.1) is 0 Å². The van der Waals surface area contributed by atoms with Crippen molar-refractivity contribution in [3.63, 3.8) is 0 Å². The number of allylic oxidation sites excluding steroid dienone is 1. The summed E-state index contributed by atoms with van der Waals surface area (Å²) in [6.07, 6.45) is 1.75. The van der Waals surface area contributed by atoms with E-state index in [0.717, 1.165) is 5.56 Å². The zero-order valence-electron chi connectivity index (χ0n) is 21.1. The number of hydrogen-bond acceptors (Lipinski definition) is 9. The SMILES string of the molecule is CCOC(=O)C1=C(C)N=c2sc(=Cc3ccc(OC)c(OC)c3)c(=O)n2[C@H]1c1ccc(OC(C)=O)cc1. The van der Waals surface area contributed by atoms with Gasteiger partial charge in [-0.15, -0.1) is 0 Å². The molecule has 3 aromatic rings. The molecule has 1 atom stereocenters. The Balaban J connectivity index is 1.89. The first-order valence-corrected chi connectivity index (χ1v) is 12.3. The molecule has 37 heavy (non-hydrogen) atoms. The molecule has 0 saturated heterocycles. The van der Waals surface area contributed by atoms with Gasteiger partial charge in [-0.3, -0.25) is 14.2 Å². The van der Waals surface area contributed by atoms with Crippen LogP contribution in [0.2, 0.25) is 0 Å². The van der Waals surface area contributed by atoms with Gasteiger partial charge >= 0.3 is 11.9 Å². The van der Waals surface area contributed by atoms with Crippen LogP contribution in [0.15, 0.2) is 63.5 Å². The number of methoxy groups -OCH3 is 2. The first-order valence-electron chi connectivity index (χ1n) is 11.5. The lowest BCUT2D eigenvalue weighted by Gasteiger charge is -2.24. The molecule has 0 radical (unpaired) electrons. The molecule has 0 spiro atoms. The summed E-state index contributed by atoms with van der Waals surface area (Å²) in [4.78, 5) is 43.1. The highest BCUT2D eigenvalue weighted by atomic mass is 32.1. The van der Waals surface area contributed by atoms with E-state index in [2.05, 4.69) is 4.99 Å². The molecule has 0 saturated carbocycles. The third-order valence-electron chi connectivity index (χ3n) is 5.68. The van der Waals surface area contributed by atoms with Crippen molar-refractivity contribution in [1.82, 2.24) is 4.57 Å². The number of carbonyl (C=O) groups is 2. The molecule has 9 nitrogen and oxygen atoms in total. The van der Waals surface area contributed by atoms with Crippen LogP contribution in [0.4, 0.5) is 0 Å². The Morgan fingerprint density at radius 2 is 1.78 bits per heavy atom. The average Bonchev–Trinajstić information content (AvgIpc) is 3.17. The van der Waals surface area contributed by atoms with Crippen molar-refractivity contribution in [2.24, 2.45) is 4.99 Å².